The van der Waals surface area contributed by atoms with Crippen molar-refractivity contribution in [3.05, 3.63) is 97.2 Å². The number of carbonyl (C=O) groups is 4. The summed E-state index contributed by atoms with van der Waals surface area (Å²) >= 11 is 0. The van der Waals surface area contributed by atoms with Gasteiger partial charge in [-0.1, -0.05) is 247 Å². The molecule has 17 nitrogen and oxygen atoms in total. The molecule has 0 aromatic rings. The molecule has 0 aliphatic rings. The zero-order valence-corrected chi connectivity index (χ0v) is 62.1. The summed E-state index contributed by atoms with van der Waals surface area (Å²) in [6.45, 7) is 4.56. The Balaban J connectivity index is 5.34. The van der Waals surface area contributed by atoms with Gasteiger partial charge in [-0.3, -0.25) is 37.3 Å². The van der Waals surface area contributed by atoms with Gasteiger partial charge in [-0.05, 0) is 135 Å². The largest absolute Gasteiger partial charge is 0.472 e. The van der Waals surface area contributed by atoms with Crippen molar-refractivity contribution < 1.29 is 80.2 Å². The van der Waals surface area contributed by atoms with Gasteiger partial charge >= 0.3 is 39.5 Å². The lowest BCUT2D eigenvalue weighted by molar-refractivity contribution is -0.161. The Morgan fingerprint density at radius 2 is 0.552 bits per heavy atom. The van der Waals surface area contributed by atoms with Crippen molar-refractivity contribution in [2.75, 3.05) is 39.6 Å². The monoisotopic (exact) mass is 1390 g/mol. The molecule has 19 heteroatoms. The summed E-state index contributed by atoms with van der Waals surface area (Å²) in [7, 11) is -9.95. The summed E-state index contributed by atoms with van der Waals surface area (Å²) in [6.07, 6.45) is 71.2. The molecular formula is C77H134O17P2. The Morgan fingerprint density at radius 1 is 0.302 bits per heavy atom. The van der Waals surface area contributed by atoms with E-state index in [1.54, 1.807) is 0 Å². The van der Waals surface area contributed by atoms with Gasteiger partial charge in [-0.15, -0.1) is 0 Å². The smallest absolute Gasteiger partial charge is 0.462 e. The van der Waals surface area contributed by atoms with Gasteiger partial charge < -0.3 is 33.8 Å². The van der Waals surface area contributed by atoms with Crippen molar-refractivity contribution in [3.8, 4) is 0 Å². The predicted molar refractivity (Wildman–Crippen MR) is 390 cm³/mol. The van der Waals surface area contributed by atoms with E-state index < -0.39 is 97.5 Å². The third-order valence-corrected chi connectivity index (χ3v) is 17.4. The standard InChI is InChI=1S/C77H134O17P2/c1-5-9-13-17-21-25-29-32-34-35-37-39-43-46-50-54-58-62-75(80)88-68-73(94-77(82)64-60-56-52-48-44-40-36-33-30-26-22-18-14-10-6-2)70-92-96(85,86)90-66-71(78)65-89-95(83,84)91-69-72(93-76(81)63-59-55-51-47-41-28-24-20-16-12-8-4)67-87-74(79)61-57-53-49-45-42-38-31-27-23-19-15-11-7-3/h9-10,13-14,20-22,24-27,31-34,36,71-73,78H,5-8,11-12,15-19,23,28-30,35,37-70H2,1-4H3,(H,83,84)(H,85,86)/b13-9-,14-10-,24-20-,25-21-,26-22-,31-27-,34-32-,36-33-. The van der Waals surface area contributed by atoms with Gasteiger partial charge in [0.25, 0.3) is 0 Å². The van der Waals surface area contributed by atoms with Crippen LogP contribution >= 0.6 is 15.6 Å². The molecule has 0 aliphatic carbocycles. The Kier molecular flexibility index (Phi) is 66.6. The predicted octanol–water partition coefficient (Wildman–Crippen LogP) is 21.2. The molecule has 0 bridgehead atoms. The van der Waals surface area contributed by atoms with E-state index in [0.29, 0.717) is 25.7 Å². The van der Waals surface area contributed by atoms with Crippen LogP contribution in [0.2, 0.25) is 0 Å². The molecule has 0 aliphatic heterocycles. The molecule has 554 valence electrons. The van der Waals surface area contributed by atoms with E-state index in [2.05, 4.69) is 125 Å². The number of aliphatic hydroxyl groups is 1. The van der Waals surface area contributed by atoms with Crippen LogP contribution in [0.3, 0.4) is 0 Å². The fraction of sp³-hybridized carbons (Fsp3) is 0.740. The molecule has 0 heterocycles. The molecule has 0 amide bonds. The number of esters is 4. The number of phosphoric acid groups is 2. The summed E-state index contributed by atoms with van der Waals surface area (Å²) in [4.78, 5) is 72.7. The minimum absolute atomic E-state index is 0.0727. The maximum atomic E-state index is 13.1. The molecule has 3 N–H and O–H groups in total. The molecule has 0 rings (SSSR count). The number of hydrogen-bond acceptors (Lipinski definition) is 15. The number of aliphatic hydroxyl groups excluding tert-OH is 1. The topological polar surface area (TPSA) is 237 Å². The highest BCUT2D eigenvalue weighted by Crippen LogP contribution is 2.45. The van der Waals surface area contributed by atoms with Crippen LogP contribution in [0, 0.1) is 0 Å². The Hall–Kier alpha value is -4.02. The van der Waals surface area contributed by atoms with Crippen LogP contribution < -0.4 is 0 Å². The van der Waals surface area contributed by atoms with Crippen LogP contribution in [0.15, 0.2) is 97.2 Å². The lowest BCUT2D eigenvalue weighted by Gasteiger charge is -2.21. The molecule has 0 aromatic carbocycles. The number of carbonyl (C=O) groups excluding carboxylic acids is 4. The van der Waals surface area contributed by atoms with Gasteiger partial charge in [0.05, 0.1) is 26.4 Å². The van der Waals surface area contributed by atoms with E-state index >= 15 is 0 Å². The Morgan fingerprint density at radius 3 is 0.875 bits per heavy atom. The van der Waals surface area contributed by atoms with Gasteiger partial charge in [-0.25, -0.2) is 9.13 Å². The third-order valence-electron chi connectivity index (χ3n) is 15.5. The molecule has 0 aromatic heterocycles. The van der Waals surface area contributed by atoms with Crippen molar-refractivity contribution in [2.45, 2.75) is 329 Å². The van der Waals surface area contributed by atoms with Gasteiger partial charge in [0, 0.05) is 25.7 Å². The molecular weight excluding hydrogens is 1260 g/mol. The maximum absolute atomic E-state index is 13.1. The summed E-state index contributed by atoms with van der Waals surface area (Å²) in [5.41, 5.74) is 0. The average molecular weight is 1390 g/mol. The molecule has 0 saturated heterocycles. The second-order valence-electron chi connectivity index (χ2n) is 24.8. The normalized spacial score (nSPS) is 14.5. The van der Waals surface area contributed by atoms with E-state index in [0.717, 1.165) is 193 Å². The summed E-state index contributed by atoms with van der Waals surface area (Å²) in [5.74, 6) is -2.21. The first-order chi connectivity index (χ1) is 46.7. The van der Waals surface area contributed by atoms with E-state index in [1.165, 1.54) is 38.5 Å². The summed E-state index contributed by atoms with van der Waals surface area (Å²) < 4.78 is 68.4. The first-order valence-corrected chi connectivity index (χ1v) is 40.5. The lowest BCUT2D eigenvalue weighted by Crippen LogP contribution is -2.30. The highest BCUT2D eigenvalue weighted by atomic mass is 31.2. The van der Waals surface area contributed by atoms with Gasteiger partial charge in [0.1, 0.15) is 19.3 Å². The fourth-order valence-electron chi connectivity index (χ4n) is 9.81. The van der Waals surface area contributed by atoms with E-state index in [9.17, 15) is 43.2 Å². The summed E-state index contributed by atoms with van der Waals surface area (Å²) in [5, 5.41) is 10.6. The van der Waals surface area contributed by atoms with Crippen LogP contribution in [0.5, 0.6) is 0 Å². The van der Waals surface area contributed by atoms with Crippen LogP contribution in [0.1, 0.15) is 310 Å². The van der Waals surface area contributed by atoms with E-state index in [-0.39, 0.29) is 25.7 Å². The minimum Gasteiger partial charge on any atom is -0.462 e. The Bertz CT molecular complexity index is 2200. The molecule has 0 fully saturated rings. The van der Waals surface area contributed by atoms with Crippen LogP contribution in [0.4, 0.5) is 0 Å². The second kappa shape index (κ2) is 69.5. The van der Waals surface area contributed by atoms with Crippen molar-refractivity contribution in [1.29, 1.82) is 0 Å². The van der Waals surface area contributed by atoms with Crippen molar-refractivity contribution in [1.82, 2.24) is 0 Å². The average Bonchev–Trinajstić information content (AvgIpc) is 2.18. The number of rotatable bonds is 70. The first-order valence-electron chi connectivity index (χ1n) is 37.5. The number of hydrogen-bond donors (Lipinski definition) is 3. The number of allylic oxidation sites excluding steroid dienone is 16. The van der Waals surface area contributed by atoms with Crippen molar-refractivity contribution >= 4 is 39.5 Å². The van der Waals surface area contributed by atoms with Gasteiger partial charge in [0.15, 0.2) is 12.2 Å². The maximum Gasteiger partial charge on any atom is 0.472 e. The summed E-state index contributed by atoms with van der Waals surface area (Å²) in [6, 6.07) is 0. The first kappa shape index (κ1) is 92.0. The van der Waals surface area contributed by atoms with Crippen LogP contribution in [-0.4, -0.2) is 96.7 Å². The van der Waals surface area contributed by atoms with Gasteiger partial charge in [0.2, 0.25) is 0 Å². The van der Waals surface area contributed by atoms with E-state index in [1.807, 2.05) is 0 Å². The zero-order chi connectivity index (χ0) is 70.4. The molecule has 0 radical (unpaired) electrons. The van der Waals surface area contributed by atoms with Crippen molar-refractivity contribution in [2.24, 2.45) is 0 Å². The van der Waals surface area contributed by atoms with Crippen LogP contribution in [-0.2, 0) is 65.4 Å². The minimum atomic E-state index is -4.98. The highest BCUT2D eigenvalue weighted by molar-refractivity contribution is 7.47. The third kappa shape index (κ3) is 68.5. The fourth-order valence-corrected chi connectivity index (χ4v) is 11.4. The zero-order valence-electron chi connectivity index (χ0n) is 60.3. The van der Waals surface area contributed by atoms with Crippen molar-refractivity contribution in [3.63, 3.8) is 0 Å². The lowest BCUT2D eigenvalue weighted by atomic mass is 10.1. The van der Waals surface area contributed by atoms with Crippen LogP contribution in [0.25, 0.3) is 0 Å². The number of phosphoric ester groups is 2. The number of ether oxygens (including phenoxy) is 4. The van der Waals surface area contributed by atoms with Gasteiger partial charge in [-0.2, -0.15) is 0 Å². The molecule has 5 atom stereocenters. The quantitative estimate of drug-likeness (QED) is 0.0169. The molecule has 5 unspecified atom stereocenters. The second-order valence-corrected chi connectivity index (χ2v) is 27.7. The SMILES string of the molecule is CC/C=C\C/C=C\C/C=C\CCCCCCCCCC(=O)OCC(COP(=O)(O)OCC(O)COP(=O)(O)OCC(COC(=O)CCCCCCC/C=C\CCCCCC)OC(=O)CCCCCCC/C=C\CCCC)OC(=O)CCCCCCC/C=C\C/C=C\C/C=C\CC. The highest BCUT2D eigenvalue weighted by Gasteiger charge is 2.30. The Labute approximate surface area is 582 Å². The molecule has 0 saturated carbocycles. The molecule has 96 heavy (non-hydrogen) atoms. The number of unbranched alkanes of at least 4 members (excludes halogenated alkanes) is 28. The molecule has 0 spiro atoms. The van der Waals surface area contributed by atoms with E-state index in [4.69, 9.17) is 37.0 Å².